The van der Waals surface area contributed by atoms with Gasteiger partial charge in [-0.1, -0.05) is 22.4 Å². The SMILES string of the molecule is CC(O)CC1CCCCN1Cc1cc(F)cc(Br)c1. The van der Waals surface area contributed by atoms with E-state index in [9.17, 15) is 9.50 Å². The summed E-state index contributed by atoms with van der Waals surface area (Å²) < 4.78 is 14.2. The zero-order chi connectivity index (χ0) is 13.8. The van der Waals surface area contributed by atoms with Gasteiger partial charge in [0, 0.05) is 17.1 Å². The molecule has 0 bridgehead atoms. The van der Waals surface area contributed by atoms with E-state index in [1.54, 1.807) is 6.07 Å². The fraction of sp³-hybridized carbons (Fsp3) is 0.600. The number of hydrogen-bond donors (Lipinski definition) is 1. The molecule has 1 aliphatic rings. The predicted octanol–water partition coefficient (Wildman–Crippen LogP) is 3.71. The Labute approximate surface area is 122 Å². The van der Waals surface area contributed by atoms with E-state index in [1.165, 1.54) is 18.9 Å². The van der Waals surface area contributed by atoms with Gasteiger partial charge in [-0.05, 0) is 56.5 Å². The molecule has 2 rings (SSSR count). The summed E-state index contributed by atoms with van der Waals surface area (Å²) in [5, 5.41) is 9.58. The molecule has 0 aliphatic carbocycles. The van der Waals surface area contributed by atoms with Crippen LogP contribution >= 0.6 is 15.9 Å². The first-order chi connectivity index (χ1) is 9.04. The first kappa shape index (κ1) is 14.9. The molecule has 1 N–H and O–H groups in total. The van der Waals surface area contributed by atoms with Gasteiger partial charge in [0.2, 0.25) is 0 Å². The average molecular weight is 330 g/mol. The van der Waals surface area contributed by atoms with E-state index in [0.717, 1.165) is 36.0 Å². The van der Waals surface area contributed by atoms with Crippen LogP contribution in [-0.4, -0.2) is 28.7 Å². The summed E-state index contributed by atoms with van der Waals surface area (Å²) in [7, 11) is 0. The summed E-state index contributed by atoms with van der Waals surface area (Å²) in [6, 6.07) is 5.46. The molecule has 106 valence electrons. The fourth-order valence-electron chi connectivity index (χ4n) is 2.87. The lowest BCUT2D eigenvalue weighted by atomic mass is 9.96. The van der Waals surface area contributed by atoms with Crippen molar-refractivity contribution >= 4 is 15.9 Å². The van der Waals surface area contributed by atoms with E-state index < -0.39 is 0 Å². The molecule has 0 spiro atoms. The molecular weight excluding hydrogens is 309 g/mol. The summed E-state index contributed by atoms with van der Waals surface area (Å²) >= 11 is 3.33. The van der Waals surface area contributed by atoms with Crippen LogP contribution in [-0.2, 0) is 6.54 Å². The molecule has 1 aromatic carbocycles. The average Bonchev–Trinajstić information content (AvgIpc) is 2.29. The van der Waals surface area contributed by atoms with Crippen LogP contribution in [0, 0.1) is 5.82 Å². The quantitative estimate of drug-likeness (QED) is 0.910. The van der Waals surface area contributed by atoms with Crippen molar-refractivity contribution in [3.8, 4) is 0 Å². The first-order valence-corrected chi connectivity index (χ1v) is 7.71. The summed E-state index contributed by atoms with van der Waals surface area (Å²) in [4.78, 5) is 2.37. The van der Waals surface area contributed by atoms with Crippen molar-refractivity contribution in [2.24, 2.45) is 0 Å². The third-order valence-electron chi connectivity index (χ3n) is 3.67. The van der Waals surface area contributed by atoms with Crippen LogP contribution in [0.5, 0.6) is 0 Å². The minimum atomic E-state index is -0.273. The van der Waals surface area contributed by atoms with Crippen molar-refractivity contribution in [2.45, 2.75) is 51.3 Å². The van der Waals surface area contributed by atoms with Crippen LogP contribution in [0.15, 0.2) is 22.7 Å². The van der Waals surface area contributed by atoms with Gasteiger partial charge >= 0.3 is 0 Å². The number of likely N-dealkylation sites (tertiary alicyclic amines) is 1. The highest BCUT2D eigenvalue weighted by Crippen LogP contribution is 2.24. The van der Waals surface area contributed by atoms with E-state index >= 15 is 0 Å². The topological polar surface area (TPSA) is 23.5 Å². The standard InChI is InChI=1S/C15H21BrFNO/c1-11(19)6-15-4-2-3-5-18(15)10-12-7-13(16)9-14(17)8-12/h7-9,11,15,19H,2-6,10H2,1H3. The summed E-state index contributed by atoms with van der Waals surface area (Å²) in [5.41, 5.74) is 0.990. The van der Waals surface area contributed by atoms with Crippen molar-refractivity contribution in [1.29, 1.82) is 0 Å². The van der Waals surface area contributed by atoms with Gasteiger partial charge in [0.05, 0.1) is 6.10 Å². The number of benzene rings is 1. The lowest BCUT2D eigenvalue weighted by molar-refractivity contribution is 0.0817. The molecule has 4 heteroatoms. The number of rotatable bonds is 4. The largest absolute Gasteiger partial charge is 0.393 e. The molecule has 0 saturated carbocycles. The third kappa shape index (κ3) is 4.55. The Morgan fingerprint density at radius 1 is 1.42 bits per heavy atom. The minimum Gasteiger partial charge on any atom is -0.393 e. The van der Waals surface area contributed by atoms with Crippen molar-refractivity contribution in [2.75, 3.05) is 6.54 Å². The van der Waals surface area contributed by atoms with Gasteiger partial charge in [0.15, 0.2) is 0 Å². The van der Waals surface area contributed by atoms with Crippen LogP contribution in [0.25, 0.3) is 0 Å². The monoisotopic (exact) mass is 329 g/mol. The number of aliphatic hydroxyl groups is 1. The zero-order valence-electron chi connectivity index (χ0n) is 11.3. The Morgan fingerprint density at radius 3 is 2.89 bits per heavy atom. The van der Waals surface area contributed by atoms with Gasteiger partial charge < -0.3 is 5.11 Å². The third-order valence-corrected chi connectivity index (χ3v) is 4.13. The fourth-order valence-corrected chi connectivity index (χ4v) is 3.38. The van der Waals surface area contributed by atoms with Gasteiger partial charge in [0.25, 0.3) is 0 Å². The number of hydrogen-bond acceptors (Lipinski definition) is 2. The molecule has 2 atom stereocenters. The van der Waals surface area contributed by atoms with Crippen molar-refractivity contribution < 1.29 is 9.50 Å². The Morgan fingerprint density at radius 2 is 2.21 bits per heavy atom. The summed E-state index contributed by atoms with van der Waals surface area (Å²) in [6.07, 6.45) is 4.07. The van der Waals surface area contributed by atoms with Crippen molar-refractivity contribution in [3.63, 3.8) is 0 Å². The molecule has 2 unspecified atom stereocenters. The highest BCUT2D eigenvalue weighted by Gasteiger charge is 2.23. The molecule has 2 nitrogen and oxygen atoms in total. The van der Waals surface area contributed by atoms with E-state index in [4.69, 9.17) is 0 Å². The van der Waals surface area contributed by atoms with Crippen molar-refractivity contribution in [1.82, 2.24) is 4.90 Å². The van der Waals surface area contributed by atoms with Crippen LogP contribution < -0.4 is 0 Å². The van der Waals surface area contributed by atoms with E-state index in [2.05, 4.69) is 20.8 Å². The molecule has 0 aromatic heterocycles. The number of aliphatic hydroxyl groups excluding tert-OH is 1. The molecule has 1 heterocycles. The van der Waals surface area contributed by atoms with Gasteiger partial charge in [-0.2, -0.15) is 0 Å². The molecule has 1 saturated heterocycles. The maximum absolute atomic E-state index is 13.4. The molecule has 0 amide bonds. The smallest absolute Gasteiger partial charge is 0.124 e. The molecule has 1 aliphatic heterocycles. The van der Waals surface area contributed by atoms with E-state index in [-0.39, 0.29) is 11.9 Å². The Kier molecular flexibility index (Phi) is 5.37. The normalized spacial score (nSPS) is 22.4. The molecule has 1 aromatic rings. The molecule has 19 heavy (non-hydrogen) atoms. The Balaban J connectivity index is 2.06. The molecular formula is C15H21BrFNO. The zero-order valence-corrected chi connectivity index (χ0v) is 12.9. The van der Waals surface area contributed by atoms with Gasteiger partial charge in [-0.3, -0.25) is 4.90 Å². The highest BCUT2D eigenvalue weighted by atomic mass is 79.9. The van der Waals surface area contributed by atoms with Crippen LogP contribution in [0.2, 0.25) is 0 Å². The Bertz CT molecular complexity index is 404. The summed E-state index contributed by atoms with van der Waals surface area (Å²) in [6.45, 7) is 3.63. The van der Waals surface area contributed by atoms with Gasteiger partial charge in [0.1, 0.15) is 5.82 Å². The number of halogens is 2. The number of nitrogens with zero attached hydrogens (tertiary/aromatic N) is 1. The summed E-state index contributed by atoms with van der Waals surface area (Å²) in [5.74, 6) is -0.200. The van der Waals surface area contributed by atoms with E-state index in [0.29, 0.717) is 6.04 Å². The predicted molar refractivity (Wildman–Crippen MR) is 78.4 cm³/mol. The maximum atomic E-state index is 13.4. The first-order valence-electron chi connectivity index (χ1n) is 6.91. The Hall–Kier alpha value is -0.450. The second-order valence-corrected chi connectivity index (χ2v) is 6.40. The molecule has 0 radical (unpaired) electrons. The molecule has 1 fully saturated rings. The number of piperidine rings is 1. The van der Waals surface area contributed by atoms with Crippen LogP contribution in [0.1, 0.15) is 38.2 Å². The lowest BCUT2D eigenvalue weighted by Gasteiger charge is -2.36. The maximum Gasteiger partial charge on any atom is 0.124 e. The van der Waals surface area contributed by atoms with Gasteiger partial charge in [-0.15, -0.1) is 0 Å². The van der Waals surface area contributed by atoms with Gasteiger partial charge in [-0.25, -0.2) is 4.39 Å². The second kappa shape index (κ2) is 6.82. The highest BCUT2D eigenvalue weighted by molar-refractivity contribution is 9.10. The van der Waals surface area contributed by atoms with Crippen LogP contribution in [0.3, 0.4) is 0 Å². The second-order valence-electron chi connectivity index (χ2n) is 5.48. The minimum absolute atomic E-state index is 0.200. The van der Waals surface area contributed by atoms with Crippen molar-refractivity contribution in [3.05, 3.63) is 34.1 Å². The van der Waals surface area contributed by atoms with E-state index in [1.807, 2.05) is 13.0 Å². The van der Waals surface area contributed by atoms with Crippen LogP contribution in [0.4, 0.5) is 4.39 Å². The lowest BCUT2D eigenvalue weighted by Crippen LogP contribution is -2.40.